The number of hydrogen-bond donors (Lipinski definition) is 7. The number of nitrogens with one attached hydrogen (secondary N) is 4. The normalized spacial score (nSPS) is 12.1. The molecule has 0 aliphatic heterocycles. The monoisotopic (exact) mass is 520 g/mol. The number of amides is 4. The van der Waals surface area contributed by atoms with Gasteiger partial charge in [0, 0.05) is 18.0 Å². The van der Waals surface area contributed by atoms with Gasteiger partial charge in [0.1, 0.15) is 12.1 Å². The van der Waals surface area contributed by atoms with Gasteiger partial charge in [0.05, 0.1) is 17.2 Å². The first-order valence-corrected chi connectivity index (χ1v) is 10.9. The fourth-order valence-corrected chi connectivity index (χ4v) is 2.82. The summed E-state index contributed by atoms with van der Waals surface area (Å²) in [6.07, 6.45) is 1.59. The second-order valence-corrected chi connectivity index (χ2v) is 7.38. The Hall–Kier alpha value is -4.59. The first kappa shape index (κ1) is 32.4. The van der Waals surface area contributed by atoms with Crippen LogP contribution in [0.2, 0.25) is 0 Å². The number of aromatic nitrogens is 1. The molecule has 2 aromatic rings. The summed E-state index contributed by atoms with van der Waals surface area (Å²) in [6, 6.07) is 6.50. The number of carboxylic acid groups (broad SMARTS) is 2. The molecule has 0 unspecified atom stereocenters. The maximum atomic E-state index is 12.7. The summed E-state index contributed by atoms with van der Waals surface area (Å²) >= 11 is 0. The molecule has 0 fully saturated rings. The van der Waals surface area contributed by atoms with Crippen LogP contribution in [0.4, 0.5) is 5.69 Å². The molecule has 1 aromatic carbocycles. The molecule has 0 radical (unpaired) electrons. The Morgan fingerprint density at radius 1 is 0.946 bits per heavy atom. The molecule has 0 aliphatic carbocycles. The zero-order valence-electron chi connectivity index (χ0n) is 20.6. The molecule has 0 spiro atoms. The standard InChI is InChI=1S/C21H28N6O4.2CH2O2/c1-12(23-3)19(29)27-17(9-10-18(22)28)21(31)25-13(2)20(30)26-16-8-4-7-15-14(16)6-5-11-24-15;2*2-1-3/h4-8,11-13,17,23H,9-10H2,1-3H3,(H2,22,28)(H,25,31)(H,26,30)(H,27,29);2*1H,(H,2,3)/t12-,13-,17-;;/m0../s1. The van der Waals surface area contributed by atoms with Crippen LogP contribution in [-0.2, 0) is 28.8 Å². The van der Waals surface area contributed by atoms with Crippen molar-refractivity contribution >= 4 is 53.2 Å². The summed E-state index contributed by atoms with van der Waals surface area (Å²) in [4.78, 5) is 69.6. The van der Waals surface area contributed by atoms with E-state index in [9.17, 15) is 19.2 Å². The number of benzene rings is 1. The van der Waals surface area contributed by atoms with Crippen molar-refractivity contribution in [1.29, 1.82) is 0 Å². The topological polar surface area (TPSA) is 230 Å². The van der Waals surface area contributed by atoms with E-state index >= 15 is 0 Å². The summed E-state index contributed by atoms with van der Waals surface area (Å²) in [7, 11) is 1.61. The van der Waals surface area contributed by atoms with Crippen LogP contribution in [0.25, 0.3) is 10.9 Å². The van der Waals surface area contributed by atoms with Crippen molar-refractivity contribution in [2.24, 2.45) is 5.73 Å². The number of primary amides is 1. The Bertz CT molecular complexity index is 1050. The van der Waals surface area contributed by atoms with Crippen LogP contribution in [0.1, 0.15) is 26.7 Å². The van der Waals surface area contributed by atoms with Crippen molar-refractivity contribution in [3.8, 4) is 0 Å². The van der Waals surface area contributed by atoms with Gasteiger partial charge in [0.2, 0.25) is 23.6 Å². The second kappa shape index (κ2) is 17.8. The van der Waals surface area contributed by atoms with E-state index in [-0.39, 0.29) is 25.8 Å². The van der Waals surface area contributed by atoms with E-state index in [0.29, 0.717) is 5.69 Å². The zero-order valence-corrected chi connectivity index (χ0v) is 20.6. The van der Waals surface area contributed by atoms with E-state index in [0.717, 1.165) is 10.9 Å². The highest BCUT2D eigenvalue weighted by molar-refractivity contribution is 6.04. The summed E-state index contributed by atoms with van der Waals surface area (Å²) in [5.41, 5.74) is 6.47. The molecule has 8 N–H and O–H groups in total. The molecule has 14 heteroatoms. The third-order valence-electron chi connectivity index (χ3n) is 4.79. The van der Waals surface area contributed by atoms with Crippen LogP contribution < -0.4 is 27.0 Å². The number of hydrogen-bond acceptors (Lipinski definition) is 8. The minimum atomic E-state index is -1.01. The van der Waals surface area contributed by atoms with E-state index in [4.69, 9.17) is 25.5 Å². The summed E-state index contributed by atoms with van der Waals surface area (Å²) in [5.74, 6) is -2.02. The second-order valence-electron chi connectivity index (χ2n) is 7.38. The highest BCUT2D eigenvalue weighted by Gasteiger charge is 2.26. The van der Waals surface area contributed by atoms with Crippen molar-refractivity contribution in [3.05, 3.63) is 36.5 Å². The van der Waals surface area contributed by atoms with Gasteiger partial charge in [0.25, 0.3) is 12.9 Å². The number of nitrogens with two attached hydrogens (primary N) is 1. The lowest BCUT2D eigenvalue weighted by molar-refractivity contribution is -0.131. The van der Waals surface area contributed by atoms with Crippen LogP contribution >= 0.6 is 0 Å². The highest BCUT2D eigenvalue weighted by atomic mass is 16.3. The number of rotatable bonds is 10. The van der Waals surface area contributed by atoms with Crippen molar-refractivity contribution in [1.82, 2.24) is 20.9 Å². The fraction of sp³-hybridized carbons (Fsp3) is 0.348. The lowest BCUT2D eigenvalue weighted by atomic mass is 10.1. The molecule has 0 saturated carbocycles. The maximum absolute atomic E-state index is 12.7. The number of fused-ring (bicyclic) bond motifs is 1. The molecule has 0 bridgehead atoms. The molecule has 1 aromatic heterocycles. The Morgan fingerprint density at radius 2 is 1.57 bits per heavy atom. The molecule has 1 heterocycles. The Balaban J connectivity index is 0.00000196. The minimum Gasteiger partial charge on any atom is -0.483 e. The zero-order chi connectivity index (χ0) is 28.4. The molecule has 2 rings (SSSR count). The summed E-state index contributed by atoms with van der Waals surface area (Å²) < 4.78 is 0. The average Bonchev–Trinajstić information content (AvgIpc) is 2.86. The molecule has 202 valence electrons. The van der Waals surface area contributed by atoms with Crippen molar-refractivity contribution in [3.63, 3.8) is 0 Å². The Morgan fingerprint density at radius 3 is 2.14 bits per heavy atom. The van der Waals surface area contributed by atoms with Crippen LogP contribution in [0.15, 0.2) is 36.5 Å². The van der Waals surface area contributed by atoms with Crippen molar-refractivity contribution in [2.75, 3.05) is 12.4 Å². The lowest BCUT2D eigenvalue weighted by Gasteiger charge is -2.22. The van der Waals surface area contributed by atoms with Gasteiger partial charge in [-0.2, -0.15) is 0 Å². The van der Waals surface area contributed by atoms with Gasteiger partial charge in [-0.05, 0) is 51.6 Å². The number of anilines is 1. The highest BCUT2D eigenvalue weighted by Crippen LogP contribution is 2.21. The first-order chi connectivity index (χ1) is 17.6. The van der Waals surface area contributed by atoms with Crippen LogP contribution in [0, 0.1) is 0 Å². The van der Waals surface area contributed by atoms with Gasteiger partial charge >= 0.3 is 0 Å². The molecule has 4 amide bonds. The smallest absolute Gasteiger partial charge is 0.290 e. The number of likely N-dealkylation sites (N-methyl/N-ethyl adjacent to an activating group) is 1. The van der Waals surface area contributed by atoms with Crippen molar-refractivity contribution in [2.45, 2.75) is 44.8 Å². The molecule has 37 heavy (non-hydrogen) atoms. The SMILES string of the molecule is CN[C@@H](C)C(=O)N[C@@H](CCC(N)=O)C(=O)N[C@@H](C)C(=O)Nc1cccc2ncccc12.O=CO.O=CO. The van der Waals surface area contributed by atoms with E-state index in [1.165, 1.54) is 6.92 Å². The van der Waals surface area contributed by atoms with Crippen LogP contribution in [0.3, 0.4) is 0 Å². The molecule has 3 atom stereocenters. The molecule has 0 aliphatic rings. The van der Waals surface area contributed by atoms with Gasteiger partial charge in [0.15, 0.2) is 0 Å². The number of carbonyl (C=O) groups excluding carboxylic acids is 4. The third kappa shape index (κ3) is 12.1. The van der Waals surface area contributed by atoms with Gasteiger partial charge in [-0.1, -0.05) is 6.07 Å². The van der Waals surface area contributed by atoms with E-state index in [1.807, 2.05) is 12.1 Å². The molecule has 14 nitrogen and oxygen atoms in total. The Labute approximate surface area is 213 Å². The molecular formula is C23H32N6O8. The van der Waals surface area contributed by atoms with E-state index < -0.39 is 41.8 Å². The number of pyridine rings is 1. The van der Waals surface area contributed by atoms with Crippen molar-refractivity contribution < 1.29 is 39.0 Å². The van der Waals surface area contributed by atoms with Crippen LogP contribution in [0.5, 0.6) is 0 Å². The molecule has 0 saturated heterocycles. The predicted octanol–water partition coefficient (Wildman–Crippen LogP) is -0.562. The van der Waals surface area contributed by atoms with Gasteiger partial charge in [-0.25, -0.2) is 0 Å². The minimum absolute atomic E-state index is 0.0205. The lowest BCUT2D eigenvalue weighted by Crippen LogP contribution is -2.54. The fourth-order valence-electron chi connectivity index (χ4n) is 2.82. The average molecular weight is 521 g/mol. The quantitative estimate of drug-likeness (QED) is 0.197. The maximum Gasteiger partial charge on any atom is 0.290 e. The number of nitrogens with zero attached hydrogens (tertiary/aromatic N) is 1. The molecular weight excluding hydrogens is 488 g/mol. The van der Waals surface area contributed by atoms with Gasteiger partial charge in [-0.3, -0.25) is 33.8 Å². The van der Waals surface area contributed by atoms with Crippen LogP contribution in [-0.4, -0.2) is 76.9 Å². The van der Waals surface area contributed by atoms with Gasteiger partial charge in [-0.15, -0.1) is 0 Å². The third-order valence-corrected chi connectivity index (χ3v) is 4.79. The predicted molar refractivity (Wildman–Crippen MR) is 134 cm³/mol. The van der Waals surface area contributed by atoms with E-state index in [2.05, 4.69) is 26.3 Å². The first-order valence-electron chi connectivity index (χ1n) is 10.9. The summed E-state index contributed by atoms with van der Waals surface area (Å²) in [6.45, 7) is 2.66. The van der Waals surface area contributed by atoms with E-state index in [1.54, 1.807) is 38.4 Å². The Kier molecular flexibility index (Phi) is 15.6. The summed E-state index contributed by atoms with van der Waals surface area (Å²) in [5, 5.41) is 25.3. The largest absolute Gasteiger partial charge is 0.483 e. The number of carbonyl (C=O) groups is 6. The van der Waals surface area contributed by atoms with Gasteiger partial charge < -0.3 is 37.2 Å².